The second-order valence-electron chi connectivity index (χ2n) is 6.69. The highest BCUT2D eigenvalue weighted by Crippen LogP contribution is 2.22. The maximum atomic E-state index is 11.0. The van der Waals surface area contributed by atoms with Gasteiger partial charge >= 0.3 is 0 Å². The van der Waals surface area contributed by atoms with E-state index < -0.39 is 4.92 Å². The summed E-state index contributed by atoms with van der Waals surface area (Å²) in [5.74, 6) is 1.59. The second-order valence-corrected chi connectivity index (χ2v) is 6.69. The van der Waals surface area contributed by atoms with E-state index in [-0.39, 0.29) is 5.69 Å². The molecule has 0 aromatic heterocycles. The fraction of sp³-hybridized carbons (Fsp3) is 0.160. The maximum Gasteiger partial charge on any atom is 0.269 e. The van der Waals surface area contributed by atoms with Crippen LogP contribution in [0.25, 0.3) is 5.57 Å². The van der Waals surface area contributed by atoms with Gasteiger partial charge in [0.2, 0.25) is 0 Å². The molecule has 7 heteroatoms. The number of rotatable bonds is 10. The highest BCUT2D eigenvalue weighted by molar-refractivity contribution is 6.11. The number of allylic oxidation sites excluding steroid dienone is 1. The number of anilines is 1. The van der Waals surface area contributed by atoms with Crippen molar-refractivity contribution in [1.82, 2.24) is 0 Å². The summed E-state index contributed by atoms with van der Waals surface area (Å²) in [4.78, 5) is 15.1. The van der Waals surface area contributed by atoms with Crippen molar-refractivity contribution in [3.63, 3.8) is 0 Å². The van der Waals surface area contributed by atoms with Gasteiger partial charge in [0.05, 0.1) is 23.8 Å². The SMILES string of the molecule is CCOc1ccc(N=C/C(=C\Nc2ccc(OCC)cc2)c2ccc([N+](=O)[O-])cc2)cc1. The topological polar surface area (TPSA) is 86.0 Å². The van der Waals surface area contributed by atoms with Crippen LogP contribution in [0.15, 0.2) is 84.0 Å². The number of nitro groups is 1. The monoisotopic (exact) mass is 431 g/mol. The summed E-state index contributed by atoms with van der Waals surface area (Å²) in [6.45, 7) is 5.09. The van der Waals surface area contributed by atoms with Crippen LogP contribution < -0.4 is 14.8 Å². The van der Waals surface area contributed by atoms with Gasteiger partial charge in [-0.2, -0.15) is 0 Å². The number of nitro benzene ring substituents is 1. The lowest BCUT2D eigenvalue weighted by Gasteiger charge is -2.07. The average Bonchev–Trinajstić information content (AvgIpc) is 2.81. The minimum atomic E-state index is -0.417. The van der Waals surface area contributed by atoms with Gasteiger partial charge in [0.15, 0.2) is 0 Å². The lowest BCUT2D eigenvalue weighted by molar-refractivity contribution is -0.384. The lowest BCUT2D eigenvalue weighted by Crippen LogP contribution is -1.95. The predicted octanol–water partition coefficient (Wildman–Crippen LogP) is 6.25. The number of aliphatic imine (C=N–C) groups is 1. The van der Waals surface area contributed by atoms with Crippen molar-refractivity contribution >= 4 is 28.8 Å². The van der Waals surface area contributed by atoms with Gasteiger partial charge in [-0.05, 0) is 80.1 Å². The number of non-ortho nitro benzene ring substituents is 1. The molecule has 0 amide bonds. The van der Waals surface area contributed by atoms with Gasteiger partial charge in [0.1, 0.15) is 11.5 Å². The van der Waals surface area contributed by atoms with Crippen LogP contribution in [-0.2, 0) is 0 Å². The number of nitrogens with zero attached hydrogens (tertiary/aromatic N) is 2. The van der Waals surface area contributed by atoms with E-state index in [1.165, 1.54) is 12.1 Å². The minimum Gasteiger partial charge on any atom is -0.494 e. The van der Waals surface area contributed by atoms with Gasteiger partial charge < -0.3 is 14.8 Å². The highest BCUT2D eigenvalue weighted by atomic mass is 16.6. The van der Waals surface area contributed by atoms with Gasteiger partial charge in [-0.3, -0.25) is 15.1 Å². The molecule has 3 aromatic carbocycles. The Labute approximate surface area is 187 Å². The van der Waals surface area contributed by atoms with Crippen molar-refractivity contribution in [2.24, 2.45) is 4.99 Å². The van der Waals surface area contributed by atoms with Crippen molar-refractivity contribution < 1.29 is 14.4 Å². The van der Waals surface area contributed by atoms with Crippen molar-refractivity contribution in [3.05, 3.63) is 94.7 Å². The summed E-state index contributed by atoms with van der Waals surface area (Å²) in [7, 11) is 0. The molecule has 0 bridgehead atoms. The molecule has 32 heavy (non-hydrogen) atoms. The molecule has 0 saturated carbocycles. The molecule has 7 nitrogen and oxygen atoms in total. The van der Waals surface area contributed by atoms with E-state index in [9.17, 15) is 10.1 Å². The van der Waals surface area contributed by atoms with Crippen molar-refractivity contribution in [1.29, 1.82) is 0 Å². The summed E-state index contributed by atoms with van der Waals surface area (Å²) >= 11 is 0. The van der Waals surface area contributed by atoms with Crippen LogP contribution in [0.2, 0.25) is 0 Å². The molecule has 0 aliphatic rings. The molecule has 0 atom stereocenters. The van der Waals surface area contributed by atoms with E-state index in [2.05, 4.69) is 10.3 Å². The van der Waals surface area contributed by atoms with E-state index in [0.717, 1.165) is 34.0 Å². The zero-order valence-electron chi connectivity index (χ0n) is 18.0. The summed E-state index contributed by atoms with van der Waals surface area (Å²) in [5, 5.41) is 14.2. The summed E-state index contributed by atoms with van der Waals surface area (Å²) in [6, 6.07) is 21.4. The van der Waals surface area contributed by atoms with Crippen LogP contribution in [-0.4, -0.2) is 24.4 Å². The first-order valence-corrected chi connectivity index (χ1v) is 10.3. The molecule has 3 aromatic rings. The van der Waals surface area contributed by atoms with Crippen LogP contribution in [0.5, 0.6) is 11.5 Å². The summed E-state index contributed by atoms with van der Waals surface area (Å²) in [5.41, 5.74) is 3.24. The molecule has 3 rings (SSSR count). The number of hydrogen-bond acceptors (Lipinski definition) is 6. The van der Waals surface area contributed by atoms with E-state index in [1.54, 1.807) is 18.3 Å². The number of hydrogen-bond donors (Lipinski definition) is 1. The fourth-order valence-corrected chi connectivity index (χ4v) is 2.89. The van der Waals surface area contributed by atoms with Crippen LogP contribution in [0.1, 0.15) is 19.4 Å². The molecule has 0 heterocycles. The van der Waals surface area contributed by atoms with Crippen LogP contribution in [0, 0.1) is 10.1 Å². The van der Waals surface area contributed by atoms with Crippen LogP contribution in [0.3, 0.4) is 0 Å². The van der Waals surface area contributed by atoms with Gasteiger partial charge in [-0.1, -0.05) is 0 Å². The van der Waals surface area contributed by atoms with E-state index >= 15 is 0 Å². The summed E-state index contributed by atoms with van der Waals surface area (Å²) < 4.78 is 10.9. The molecule has 0 aliphatic heterocycles. The van der Waals surface area contributed by atoms with Gasteiger partial charge in [0, 0.05) is 35.8 Å². The third-order valence-electron chi connectivity index (χ3n) is 4.47. The Morgan fingerprint density at radius 2 is 1.47 bits per heavy atom. The molecule has 164 valence electrons. The number of nitrogens with one attached hydrogen (secondary N) is 1. The molecule has 0 aliphatic carbocycles. The molecular formula is C25H25N3O4. The normalized spacial score (nSPS) is 11.4. The summed E-state index contributed by atoms with van der Waals surface area (Å²) in [6.07, 6.45) is 3.54. The van der Waals surface area contributed by atoms with E-state index in [1.807, 2.05) is 68.6 Å². The third kappa shape index (κ3) is 6.43. The van der Waals surface area contributed by atoms with Gasteiger partial charge in [-0.25, -0.2) is 0 Å². The highest BCUT2D eigenvalue weighted by Gasteiger charge is 2.06. The first-order valence-electron chi connectivity index (χ1n) is 10.3. The Kier molecular flexibility index (Phi) is 7.97. The molecule has 0 fully saturated rings. The standard InChI is InChI=1S/C25H25N3O4/c1-3-31-24-13-7-21(8-14-24)26-17-20(19-5-11-23(12-6-19)28(29)30)18-27-22-9-15-25(16-10-22)32-4-2/h5-18,26H,3-4H2,1-2H3/b20-17+,27-18?. The number of ether oxygens (including phenoxy) is 2. The Balaban J connectivity index is 1.84. The van der Waals surface area contributed by atoms with E-state index in [0.29, 0.717) is 13.2 Å². The first-order chi connectivity index (χ1) is 15.6. The average molecular weight is 431 g/mol. The minimum absolute atomic E-state index is 0.0380. The molecular weight excluding hydrogens is 406 g/mol. The molecule has 0 spiro atoms. The maximum absolute atomic E-state index is 11.0. The van der Waals surface area contributed by atoms with Crippen LogP contribution in [0.4, 0.5) is 17.1 Å². The fourth-order valence-electron chi connectivity index (χ4n) is 2.89. The zero-order valence-corrected chi connectivity index (χ0v) is 18.0. The molecule has 1 N–H and O–H groups in total. The van der Waals surface area contributed by atoms with Gasteiger partial charge in [0.25, 0.3) is 5.69 Å². The largest absolute Gasteiger partial charge is 0.494 e. The third-order valence-corrected chi connectivity index (χ3v) is 4.47. The quantitative estimate of drug-likeness (QED) is 0.233. The Morgan fingerprint density at radius 3 is 2.00 bits per heavy atom. The second kappa shape index (κ2) is 11.3. The molecule has 0 saturated heterocycles. The Hall–Kier alpha value is -4.13. The lowest BCUT2D eigenvalue weighted by atomic mass is 10.1. The first kappa shape index (κ1) is 22.6. The number of benzene rings is 3. The van der Waals surface area contributed by atoms with Crippen molar-refractivity contribution in [2.75, 3.05) is 18.5 Å². The molecule has 0 radical (unpaired) electrons. The zero-order chi connectivity index (χ0) is 22.8. The smallest absolute Gasteiger partial charge is 0.269 e. The Morgan fingerprint density at radius 1 is 0.906 bits per heavy atom. The Bertz CT molecular complexity index is 1070. The van der Waals surface area contributed by atoms with Crippen molar-refractivity contribution in [2.45, 2.75) is 13.8 Å². The van der Waals surface area contributed by atoms with Gasteiger partial charge in [-0.15, -0.1) is 0 Å². The van der Waals surface area contributed by atoms with Crippen molar-refractivity contribution in [3.8, 4) is 11.5 Å². The van der Waals surface area contributed by atoms with E-state index in [4.69, 9.17) is 9.47 Å². The molecule has 0 unspecified atom stereocenters. The predicted molar refractivity (Wildman–Crippen MR) is 128 cm³/mol. The van der Waals surface area contributed by atoms with Crippen LogP contribution >= 0.6 is 0 Å².